The molecule has 36 heavy (non-hydrogen) atoms. The molecule has 180 valence electrons. The number of carbonyl (C=O) groups excluding carboxylic acids is 3. The van der Waals surface area contributed by atoms with Crippen LogP contribution in [0.4, 0.5) is 4.79 Å². The second kappa shape index (κ2) is 9.79. The number of nitrogens with one attached hydrogen (secondary N) is 1. The van der Waals surface area contributed by atoms with Crippen molar-refractivity contribution in [3.05, 3.63) is 107 Å². The van der Waals surface area contributed by atoms with Gasteiger partial charge in [0.25, 0.3) is 5.91 Å². The largest absolute Gasteiger partial charge is 0.489 e. The average Bonchev–Trinajstić information content (AvgIpc) is 3.48. The highest BCUT2D eigenvalue weighted by Gasteiger charge is 2.34. The second-order valence-electron chi connectivity index (χ2n) is 8.13. The Labute approximate surface area is 206 Å². The van der Waals surface area contributed by atoms with Gasteiger partial charge in [-0.1, -0.05) is 54.6 Å². The van der Waals surface area contributed by atoms with E-state index in [4.69, 9.17) is 9.15 Å². The minimum Gasteiger partial charge on any atom is -0.489 e. The Balaban J connectivity index is 1.24. The highest BCUT2D eigenvalue weighted by molar-refractivity contribution is 6.13. The molecule has 8 heteroatoms. The Morgan fingerprint density at radius 3 is 2.56 bits per heavy atom. The molecule has 0 unspecified atom stereocenters. The summed E-state index contributed by atoms with van der Waals surface area (Å²) in [5, 5.41) is 4.89. The fourth-order valence-electron chi connectivity index (χ4n) is 3.95. The topological polar surface area (TPSA) is 98.1 Å². The van der Waals surface area contributed by atoms with Crippen molar-refractivity contribution in [2.75, 3.05) is 7.11 Å². The Bertz CT molecular complexity index is 1480. The molecule has 1 N–H and O–H groups in total. The summed E-state index contributed by atoms with van der Waals surface area (Å²) in [6.45, 7) is 0.315. The van der Waals surface area contributed by atoms with Gasteiger partial charge in [-0.15, -0.1) is 0 Å². The minimum absolute atomic E-state index is 0.00178. The zero-order chi connectivity index (χ0) is 25.1. The second-order valence-corrected chi connectivity index (χ2v) is 8.13. The molecule has 0 aliphatic carbocycles. The smallest absolute Gasteiger partial charge is 0.373 e. The van der Waals surface area contributed by atoms with Crippen molar-refractivity contribution < 1.29 is 28.3 Å². The third kappa shape index (κ3) is 4.69. The van der Waals surface area contributed by atoms with Gasteiger partial charge in [0.2, 0.25) is 5.76 Å². The monoisotopic (exact) mass is 482 g/mol. The van der Waals surface area contributed by atoms with Gasteiger partial charge in [0.05, 0.1) is 13.7 Å². The van der Waals surface area contributed by atoms with E-state index in [0.717, 1.165) is 26.8 Å². The van der Waals surface area contributed by atoms with Crippen LogP contribution in [-0.4, -0.2) is 29.9 Å². The number of carbonyl (C=O) groups is 3. The molecule has 1 fully saturated rings. The first-order valence-electron chi connectivity index (χ1n) is 11.2. The molecular formula is C28H22N2O6. The summed E-state index contributed by atoms with van der Waals surface area (Å²) in [6.07, 6.45) is 1.59. The first kappa shape index (κ1) is 22.9. The summed E-state index contributed by atoms with van der Waals surface area (Å²) >= 11 is 0. The molecule has 3 aromatic carbocycles. The van der Waals surface area contributed by atoms with Crippen molar-refractivity contribution in [2.24, 2.45) is 0 Å². The highest BCUT2D eigenvalue weighted by Crippen LogP contribution is 2.23. The number of methoxy groups -OCH3 is 1. The van der Waals surface area contributed by atoms with Gasteiger partial charge in [-0.2, -0.15) is 0 Å². The standard InChI is InChI=1S/C28H22N2O6/c1-34-27(32)25-14-13-22(36-25)16-30-26(31)24(29-28(30)33)15-18-9-11-21(12-10-18)35-17-20-7-4-6-19-5-2-3-8-23(19)20/h2-15H,16-17H2,1H3,(H,29,33). The first-order valence-corrected chi connectivity index (χ1v) is 11.2. The number of imide groups is 1. The van der Waals surface area contributed by atoms with Crippen LogP contribution in [0.15, 0.2) is 89.0 Å². The number of nitrogens with zero attached hydrogens (tertiary/aromatic N) is 1. The average molecular weight is 482 g/mol. The molecule has 2 heterocycles. The number of rotatable bonds is 7. The van der Waals surface area contributed by atoms with Crippen LogP contribution in [0.25, 0.3) is 16.8 Å². The lowest BCUT2D eigenvalue weighted by Crippen LogP contribution is -2.30. The van der Waals surface area contributed by atoms with Crippen molar-refractivity contribution in [3.8, 4) is 5.75 Å². The van der Waals surface area contributed by atoms with Gasteiger partial charge in [0.1, 0.15) is 23.8 Å². The quantitative estimate of drug-likeness (QED) is 0.229. The number of amides is 3. The van der Waals surface area contributed by atoms with Crippen LogP contribution >= 0.6 is 0 Å². The van der Waals surface area contributed by atoms with Gasteiger partial charge in [-0.05, 0) is 52.2 Å². The van der Waals surface area contributed by atoms with Crippen molar-refractivity contribution in [1.82, 2.24) is 10.2 Å². The number of fused-ring (bicyclic) bond motifs is 1. The molecule has 3 amide bonds. The van der Waals surface area contributed by atoms with E-state index in [0.29, 0.717) is 12.4 Å². The van der Waals surface area contributed by atoms with Gasteiger partial charge in [-0.3, -0.25) is 9.69 Å². The van der Waals surface area contributed by atoms with Crippen LogP contribution in [0.5, 0.6) is 5.75 Å². The number of ether oxygens (including phenoxy) is 2. The number of benzene rings is 3. The Kier molecular flexibility index (Phi) is 6.23. The predicted octanol–water partition coefficient (Wildman–Crippen LogP) is 4.89. The molecule has 0 spiro atoms. The number of furan rings is 1. The summed E-state index contributed by atoms with van der Waals surface area (Å²) in [7, 11) is 1.24. The summed E-state index contributed by atoms with van der Waals surface area (Å²) in [4.78, 5) is 37.7. The first-order chi connectivity index (χ1) is 17.5. The lowest BCUT2D eigenvalue weighted by atomic mass is 10.1. The van der Waals surface area contributed by atoms with Gasteiger partial charge in [0.15, 0.2) is 0 Å². The van der Waals surface area contributed by atoms with Crippen LogP contribution in [0, 0.1) is 0 Å². The predicted molar refractivity (Wildman–Crippen MR) is 132 cm³/mol. The molecule has 0 atom stereocenters. The SMILES string of the molecule is COC(=O)c1ccc(CN2C(=O)NC(=Cc3ccc(OCc4cccc5ccccc45)cc3)C2=O)o1. The van der Waals surface area contributed by atoms with E-state index in [1.807, 2.05) is 48.5 Å². The van der Waals surface area contributed by atoms with E-state index < -0.39 is 17.9 Å². The Morgan fingerprint density at radius 1 is 0.972 bits per heavy atom. The summed E-state index contributed by atoms with van der Waals surface area (Å²) in [6, 6.07) is 23.9. The summed E-state index contributed by atoms with van der Waals surface area (Å²) < 4.78 is 15.9. The molecule has 1 aromatic heterocycles. The number of hydrogen-bond donors (Lipinski definition) is 1. The molecule has 4 aromatic rings. The zero-order valence-electron chi connectivity index (χ0n) is 19.4. The van der Waals surface area contributed by atoms with Crippen molar-refractivity contribution in [1.29, 1.82) is 0 Å². The lowest BCUT2D eigenvalue weighted by molar-refractivity contribution is -0.123. The van der Waals surface area contributed by atoms with Crippen LogP contribution in [0.2, 0.25) is 0 Å². The molecule has 0 bridgehead atoms. The molecule has 1 aliphatic heterocycles. The van der Waals surface area contributed by atoms with Gasteiger partial charge < -0.3 is 19.2 Å². The molecule has 8 nitrogen and oxygen atoms in total. The van der Waals surface area contributed by atoms with E-state index >= 15 is 0 Å². The maximum atomic E-state index is 12.8. The number of esters is 1. The van der Waals surface area contributed by atoms with Crippen molar-refractivity contribution in [2.45, 2.75) is 13.2 Å². The number of urea groups is 1. The van der Waals surface area contributed by atoms with Crippen LogP contribution in [0.1, 0.15) is 27.4 Å². The van der Waals surface area contributed by atoms with Gasteiger partial charge >= 0.3 is 12.0 Å². The Hall–Kier alpha value is -4.85. The molecule has 5 rings (SSSR count). The van der Waals surface area contributed by atoms with Crippen LogP contribution in [-0.2, 0) is 22.7 Å². The maximum absolute atomic E-state index is 12.8. The highest BCUT2D eigenvalue weighted by atomic mass is 16.5. The third-order valence-electron chi connectivity index (χ3n) is 5.79. The molecular weight excluding hydrogens is 460 g/mol. The van der Waals surface area contributed by atoms with E-state index in [-0.39, 0.29) is 23.8 Å². The van der Waals surface area contributed by atoms with Gasteiger partial charge in [-0.25, -0.2) is 9.59 Å². The lowest BCUT2D eigenvalue weighted by Gasteiger charge is -2.09. The molecule has 0 saturated carbocycles. The van der Waals surface area contributed by atoms with E-state index in [1.54, 1.807) is 6.08 Å². The third-order valence-corrected chi connectivity index (χ3v) is 5.79. The molecule has 0 radical (unpaired) electrons. The number of hydrogen-bond acceptors (Lipinski definition) is 6. The maximum Gasteiger partial charge on any atom is 0.373 e. The molecule has 1 aliphatic rings. The minimum atomic E-state index is -0.636. The summed E-state index contributed by atoms with van der Waals surface area (Å²) in [5.41, 5.74) is 1.96. The normalized spacial score (nSPS) is 14.4. The van der Waals surface area contributed by atoms with Crippen LogP contribution in [0.3, 0.4) is 0 Å². The van der Waals surface area contributed by atoms with E-state index in [1.165, 1.54) is 19.2 Å². The summed E-state index contributed by atoms with van der Waals surface area (Å²) in [5.74, 6) is -0.158. The van der Waals surface area contributed by atoms with E-state index in [9.17, 15) is 14.4 Å². The fraction of sp³-hybridized carbons (Fsp3) is 0.107. The molecule has 1 saturated heterocycles. The fourth-order valence-corrected chi connectivity index (χ4v) is 3.95. The Morgan fingerprint density at radius 2 is 1.75 bits per heavy atom. The van der Waals surface area contributed by atoms with Crippen LogP contribution < -0.4 is 10.1 Å². The van der Waals surface area contributed by atoms with Gasteiger partial charge in [0, 0.05) is 0 Å². The zero-order valence-corrected chi connectivity index (χ0v) is 19.4. The van der Waals surface area contributed by atoms with Crippen molar-refractivity contribution in [3.63, 3.8) is 0 Å². The van der Waals surface area contributed by atoms with Crippen molar-refractivity contribution >= 4 is 34.8 Å². The van der Waals surface area contributed by atoms with E-state index in [2.05, 4.69) is 28.3 Å².